The van der Waals surface area contributed by atoms with Crippen LogP contribution >= 0.6 is 0 Å². The molecule has 1 rings (SSSR count). The Balaban J connectivity index is 2.24. The van der Waals surface area contributed by atoms with Crippen molar-refractivity contribution in [3.05, 3.63) is 35.9 Å². The number of ether oxygens (including phenoxy) is 1. The van der Waals surface area contributed by atoms with Gasteiger partial charge in [0.05, 0.1) is 13.0 Å². The summed E-state index contributed by atoms with van der Waals surface area (Å²) in [6, 6.07) is 9.78. The van der Waals surface area contributed by atoms with Gasteiger partial charge in [0.2, 0.25) is 0 Å². The number of benzene rings is 1. The molecule has 0 saturated carbocycles. The van der Waals surface area contributed by atoms with E-state index in [0.29, 0.717) is 13.0 Å². The molecule has 0 bridgehead atoms. The summed E-state index contributed by atoms with van der Waals surface area (Å²) in [5, 5.41) is 11.2. The number of carbonyl (C=O) groups excluding carboxylic acids is 1. The van der Waals surface area contributed by atoms with Gasteiger partial charge in [0.1, 0.15) is 5.60 Å². The molecule has 3 heteroatoms. The largest absolute Gasteiger partial charge is 0.465 e. The molecule has 1 aromatic carbocycles. The van der Waals surface area contributed by atoms with Crippen molar-refractivity contribution in [2.24, 2.45) is 0 Å². The Kier molecular flexibility index (Phi) is 4.50. The van der Waals surface area contributed by atoms with Crippen molar-refractivity contribution >= 4 is 5.97 Å². The van der Waals surface area contributed by atoms with Crippen LogP contribution in [-0.2, 0) is 21.1 Å². The lowest BCUT2D eigenvalue weighted by atomic mass is 10.1. The zero-order chi connectivity index (χ0) is 12.0. The molecule has 0 spiro atoms. The molecule has 3 nitrogen and oxygen atoms in total. The van der Waals surface area contributed by atoms with Crippen LogP contribution in [0, 0.1) is 0 Å². The van der Waals surface area contributed by atoms with Gasteiger partial charge < -0.3 is 4.74 Å². The third kappa shape index (κ3) is 5.51. The van der Waals surface area contributed by atoms with Gasteiger partial charge in [0.15, 0.2) is 0 Å². The van der Waals surface area contributed by atoms with Crippen molar-refractivity contribution in [1.29, 1.82) is 0 Å². The second kappa shape index (κ2) is 5.66. The van der Waals surface area contributed by atoms with Gasteiger partial charge in [-0.1, -0.05) is 30.3 Å². The van der Waals surface area contributed by atoms with E-state index < -0.39 is 11.6 Å². The fourth-order valence-corrected chi connectivity index (χ4v) is 1.33. The molecule has 1 aromatic rings. The Labute approximate surface area is 96.1 Å². The molecule has 0 N–H and O–H groups in total. The topological polar surface area (TPSA) is 46.2 Å². The van der Waals surface area contributed by atoms with Crippen molar-refractivity contribution in [3.8, 4) is 0 Å². The van der Waals surface area contributed by atoms with Crippen LogP contribution in [0.2, 0.25) is 0 Å². The molecule has 0 unspecified atom stereocenters. The molecule has 0 heterocycles. The Bertz CT molecular complexity index is 325. The van der Waals surface area contributed by atoms with E-state index in [2.05, 4.69) is 0 Å². The molecule has 0 aromatic heterocycles. The van der Waals surface area contributed by atoms with E-state index in [1.54, 1.807) is 0 Å². The summed E-state index contributed by atoms with van der Waals surface area (Å²) in [6.45, 7) is 3.29. The van der Waals surface area contributed by atoms with Crippen LogP contribution in [-0.4, -0.2) is 18.2 Å². The first kappa shape index (κ1) is 12.7. The van der Waals surface area contributed by atoms with E-state index in [0.717, 1.165) is 5.56 Å². The molecule has 0 fully saturated rings. The Morgan fingerprint density at radius 3 is 2.44 bits per heavy atom. The van der Waals surface area contributed by atoms with Crippen LogP contribution in [0.1, 0.15) is 25.8 Å². The standard InChI is InChI=1S/C13H17O3/c1-13(2,15)10-12(14)16-9-8-11-6-4-3-5-7-11/h3-7H,8-10H2,1-2H3. The third-order valence-electron chi connectivity index (χ3n) is 2.07. The van der Waals surface area contributed by atoms with Gasteiger partial charge in [0, 0.05) is 6.42 Å². The van der Waals surface area contributed by atoms with Crippen LogP contribution in [0.5, 0.6) is 0 Å². The zero-order valence-corrected chi connectivity index (χ0v) is 9.73. The van der Waals surface area contributed by atoms with Crippen LogP contribution in [0.15, 0.2) is 30.3 Å². The lowest BCUT2D eigenvalue weighted by molar-refractivity contribution is -0.150. The average Bonchev–Trinajstić information content (AvgIpc) is 2.16. The number of hydrogen-bond acceptors (Lipinski definition) is 2. The maximum absolute atomic E-state index is 11.2. The Morgan fingerprint density at radius 2 is 1.88 bits per heavy atom. The summed E-state index contributed by atoms with van der Waals surface area (Å²) >= 11 is 0. The molecule has 87 valence electrons. The second-order valence-corrected chi connectivity index (χ2v) is 4.39. The predicted molar refractivity (Wildman–Crippen MR) is 60.5 cm³/mol. The van der Waals surface area contributed by atoms with E-state index in [1.807, 2.05) is 30.3 Å². The van der Waals surface area contributed by atoms with Crippen LogP contribution in [0.3, 0.4) is 0 Å². The van der Waals surface area contributed by atoms with E-state index in [1.165, 1.54) is 13.8 Å². The molecule has 0 aliphatic heterocycles. The number of rotatable bonds is 5. The summed E-state index contributed by atoms with van der Waals surface area (Å²) in [5.41, 5.74) is -0.124. The smallest absolute Gasteiger partial charge is 0.308 e. The van der Waals surface area contributed by atoms with Gasteiger partial charge in [-0.25, -0.2) is 5.11 Å². The highest BCUT2D eigenvalue weighted by Gasteiger charge is 2.21. The van der Waals surface area contributed by atoms with Gasteiger partial charge in [0.25, 0.3) is 0 Å². The summed E-state index contributed by atoms with van der Waals surface area (Å²) in [5.74, 6) is -0.420. The number of esters is 1. The summed E-state index contributed by atoms with van der Waals surface area (Å²) in [6.07, 6.45) is 0.605. The Hall–Kier alpha value is -1.35. The molecule has 0 amide bonds. The van der Waals surface area contributed by atoms with Gasteiger partial charge in [-0.15, -0.1) is 0 Å². The third-order valence-corrected chi connectivity index (χ3v) is 2.07. The van der Waals surface area contributed by atoms with E-state index in [4.69, 9.17) is 4.74 Å². The fourth-order valence-electron chi connectivity index (χ4n) is 1.33. The van der Waals surface area contributed by atoms with Crippen LogP contribution in [0.4, 0.5) is 0 Å². The average molecular weight is 221 g/mol. The zero-order valence-electron chi connectivity index (χ0n) is 9.73. The normalized spacial score (nSPS) is 11.2. The van der Waals surface area contributed by atoms with Crippen LogP contribution < -0.4 is 0 Å². The maximum Gasteiger partial charge on any atom is 0.308 e. The second-order valence-electron chi connectivity index (χ2n) is 4.39. The lowest BCUT2D eigenvalue weighted by Gasteiger charge is -2.12. The summed E-state index contributed by atoms with van der Waals surface area (Å²) in [4.78, 5) is 11.2. The van der Waals surface area contributed by atoms with Gasteiger partial charge in [-0.2, -0.15) is 0 Å². The molecule has 16 heavy (non-hydrogen) atoms. The molecule has 1 radical (unpaired) electrons. The SMILES string of the molecule is CC(C)([O])CC(=O)OCCc1ccccc1. The molecular weight excluding hydrogens is 204 g/mol. The molecule has 0 aliphatic carbocycles. The summed E-state index contributed by atoms with van der Waals surface area (Å²) < 4.78 is 4.98. The van der Waals surface area contributed by atoms with Crippen molar-refractivity contribution < 1.29 is 14.6 Å². The maximum atomic E-state index is 11.2. The first-order valence-corrected chi connectivity index (χ1v) is 5.37. The minimum absolute atomic E-state index is 0.0816. The van der Waals surface area contributed by atoms with Gasteiger partial charge in [-0.05, 0) is 19.4 Å². The van der Waals surface area contributed by atoms with E-state index in [-0.39, 0.29) is 6.42 Å². The lowest BCUT2D eigenvalue weighted by Crippen LogP contribution is -2.23. The number of carbonyl (C=O) groups is 1. The first-order chi connectivity index (χ1) is 7.47. The highest BCUT2D eigenvalue weighted by atomic mass is 16.5. The minimum Gasteiger partial charge on any atom is -0.465 e. The minimum atomic E-state index is -1.25. The predicted octanol–water partition coefficient (Wildman–Crippen LogP) is 2.37. The van der Waals surface area contributed by atoms with E-state index in [9.17, 15) is 9.90 Å². The summed E-state index contributed by atoms with van der Waals surface area (Å²) in [7, 11) is 0. The van der Waals surface area contributed by atoms with Gasteiger partial charge >= 0.3 is 5.97 Å². The van der Waals surface area contributed by atoms with Gasteiger partial charge in [-0.3, -0.25) is 4.79 Å². The van der Waals surface area contributed by atoms with Crippen molar-refractivity contribution in [2.45, 2.75) is 32.3 Å². The first-order valence-electron chi connectivity index (χ1n) is 5.37. The Morgan fingerprint density at radius 1 is 1.25 bits per heavy atom. The van der Waals surface area contributed by atoms with Crippen LogP contribution in [0.25, 0.3) is 0 Å². The highest BCUT2D eigenvalue weighted by Crippen LogP contribution is 2.09. The highest BCUT2D eigenvalue weighted by molar-refractivity contribution is 5.70. The quantitative estimate of drug-likeness (QED) is 0.716. The molecule has 0 aliphatic rings. The fraction of sp³-hybridized carbons (Fsp3) is 0.462. The van der Waals surface area contributed by atoms with E-state index >= 15 is 0 Å². The molecule has 0 atom stereocenters. The van der Waals surface area contributed by atoms with Crippen molar-refractivity contribution in [2.75, 3.05) is 6.61 Å². The van der Waals surface area contributed by atoms with Crippen molar-refractivity contribution in [1.82, 2.24) is 0 Å². The monoisotopic (exact) mass is 221 g/mol. The number of hydrogen-bond donors (Lipinski definition) is 0. The molecule has 0 saturated heterocycles. The molecular formula is C13H17O3. The van der Waals surface area contributed by atoms with Crippen molar-refractivity contribution in [3.63, 3.8) is 0 Å².